The summed E-state index contributed by atoms with van der Waals surface area (Å²) in [5, 5.41) is 0.430. The van der Waals surface area contributed by atoms with Crippen LogP contribution in [-0.4, -0.2) is 55.0 Å². The number of nitrogens with zero attached hydrogens (tertiary/aromatic N) is 5. The Morgan fingerprint density at radius 3 is 2.33 bits per heavy atom. The molecule has 0 atom stereocenters. The molecule has 2 aromatic heterocycles. The Labute approximate surface area is 198 Å². The minimum absolute atomic E-state index is 0.122. The highest BCUT2D eigenvalue weighted by molar-refractivity contribution is 7.98. The molecule has 4 rings (SSSR count). The van der Waals surface area contributed by atoms with E-state index in [1.54, 1.807) is 37.7 Å². The number of benzene rings is 1. The molecule has 0 aliphatic carbocycles. The second-order valence-corrected chi connectivity index (χ2v) is 10.1. The maximum atomic E-state index is 13.4. The van der Waals surface area contributed by atoms with Gasteiger partial charge in [0.15, 0.2) is 11.0 Å². The van der Waals surface area contributed by atoms with Crippen molar-refractivity contribution in [3.8, 4) is 11.6 Å². The van der Waals surface area contributed by atoms with E-state index in [2.05, 4.69) is 15.0 Å². The van der Waals surface area contributed by atoms with Crippen LogP contribution in [0, 0.1) is 0 Å². The monoisotopic (exact) mass is 487 g/mol. The summed E-state index contributed by atoms with van der Waals surface area (Å²) in [5.74, 6) is 1.89. The van der Waals surface area contributed by atoms with Gasteiger partial charge in [-0.1, -0.05) is 23.9 Å². The predicted molar refractivity (Wildman–Crippen MR) is 127 cm³/mol. The molecule has 3 aromatic rings. The van der Waals surface area contributed by atoms with Crippen LogP contribution in [0.2, 0.25) is 0 Å². The molecule has 11 heteroatoms. The summed E-state index contributed by atoms with van der Waals surface area (Å²) < 4.78 is 40.2. The first-order valence-electron chi connectivity index (χ1n) is 10.3. The molecule has 0 unspecified atom stereocenters. The third-order valence-electron chi connectivity index (χ3n) is 5.16. The molecule has 174 valence electrons. The lowest BCUT2D eigenvalue weighted by Gasteiger charge is -2.35. The number of methoxy groups -OCH3 is 2. The first-order chi connectivity index (χ1) is 16.0. The van der Waals surface area contributed by atoms with E-state index in [-0.39, 0.29) is 12.4 Å². The summed E-state index contributed by atoms with van der Waals surface area (Å²) in [7, 11) is -0.676. The maximum Gasteiger partial charge on any atom is 0.305 e. The van der Waals surface area contributed by atoms with Gasteiger partial charge in [-0.15, -0.1) is 0 Å². The normalized spacial score (nSPS) is 13.9. The number of hydrogen-bond acceptors (Lipinski definition) is 8. The number of anilines is 1. The minimum atomic E-state index is -3.77. The Hall–Kier alpha value is -2.89. The molecule has 1 saturated heterocycles. The standard InChI is InChI=1S/C22H25N5O4S2/c1-30-19-6-4-17(5-7-19)15-27(33(28,29)26-12-3-13-26)20-14-21(31-2)25-22(24-20)32-16-18-8-10-23-11-9-18/h4-11,14H,3,12-13,15-16H2,1-2H3. The highest BCUT2D eigenvalue weighted by Gasteiger charge is 2.35. The summed E-state index contributed by atoms with van der Waals surface area (Å²) in [4.78, 5) is 13.0. The summed E-state index contributed by atoms with van der Waals surface area (Å²) in [6.07, 6.45) is 4.30. The van der Waals surface area contributed by atoms with Crippen molar-refractivity contribution >= 4 is 27.8 Å². The maximum absolute atomic E-state index is 13.4. The molecule has 0 bridgehead atoms. The van der Waals surface area contributed by atoms with Gasteiger partial charge < -0.3 is 9.47 Å². The zero-order valence-electron chi connectivity index (χ0n) is 18.4. The lowest BCUT2D eigenvalue weighted by atomic mass is 10.2. The average Bonchev–Trinajstić information content (AvgIpc) is 2.80. The van der Waals surface area contributed by atoms with Crippen LogP contribution in [0.1, 0.15) is 17.5 Å². The molecular weight excluding hydrogens is 462 g/mol. The zero-order chi connectivity index (χ0) is 23.3. The van der Waals surface area contributed by atoms with Gasteiger partial charge in [0.1, 0.15) is 5.75 Å². The van der Waals surface area contributed by atoms with Crippen molar-refractivity contribution in [1.29, 1.82) is 0 Å². The summed E-state index contributed by atoms with van der Waals surface area (Å²) >= 11 is 1.40. The molecule has 0 amide bonds. The van der Waals surface area contributed by atoms with Crippen molar-refractivity contribution in [3.05, 3.63) is 66.0 Å². The molecule has 33 heavy (non-hydrogen) atoms. The van der Waals surface area contributed by atoms with E-state index in [0.717, 1.165) is 17.5 Å². The number of rotatable bonds is 10. The molecule has 9 nitrogen and oxygen atoms in total. The molecule has 0 saturated carbocycles. The van der Waals surface area contributed by atoms with Crippen molar-refractivity contribution in [2.75, 3.05) is 31.6 Å². The van der Waals surface area contributed by atoms with Crippen LogP contribution < -0.4 is 13.8 Å². The first kappa shape index (κ1) is 23.3. The second-order valence-electron chi connectivity index (χ2n) is 7.31. The fraction of sp³-hybridized carbons (Fsp3) is 0.318. The molecule has 0 N–H and O–H groups in total. The van der Waals surface area contributed by atoms with Crippen LogP contribution >= 0.6 is 11.8 Å². The van der Waals surface area contributed by atoms with Crippen molar-refractivity contribution < 1.29 is 17.9 Å². The summed E-state index contributed by atoms with van der Waals surface area (Å²) in [5.41, 5.74) is 1.87. The Morgan fingerprint density at radius 1 is 1.00 bits per heavy atom. The van der Waals surface area contributed by atoms with Crippen LogP contribution in [0.5, 0.6) is 11.6 Å². The van der Waals surface area contributed by atoms with E-state index in [9.17, 15) is 8.42 Å². The van der Waals surface area contributed by atoms with Crippen molar-refractivity contribution in [2.24, 2.45) is 0 Å². The predicted octanol–water partition coefficient (Wildman–Crippen LogP) is 3.14. The number of pyridine rings is 1. The van der Waals surface area contributed by atoms with E-state index in [4.69, 9.17) is 9.47 Å². The third-order valence-corrected chi connectivity index (χ3v) is 7.96. The van der Waals surface area contributed by atoms with Gasteiger partial charge in [0, 0.05) is 37.3 Å². The van der Waals surface area contributed by atoms with Crippen molar-refractivity contribution in [1.82, 2.24) is 19.3 Å². The molecule has 3 heterocycles. The second kappa shape index (κ2) is 10.4. The fourth-order valence-electron chi connectivity index (χ4n) is 3.15. The zero-order valence-corrected chi connectivity index (χ0v) is 20.1. The van der Waals surface area contributed by atoms with E-state index in [1.165, 1.54) is 27.5 Å². The Balaban J connectivity index is 1.67. The van der Waals surface area contributed by atoms with E-state index in [0.29, 0.717) is 35.6 Å². The van der Waals surface area contributed by atoms with Gasteiger partial charge >= 0.3 is 10.2 Å². The Morgan fingerprint density at radius 2 is 1.73 bits per heavy atom. The quantitative estimate of drug-likeness (QED) is 0.318. The van der Waals surface area contributed by atoms with E-state index >= 15 is 0 Å². The number of thioether (sulfide) groups is 1. The van der Waals surface area contributed by atoms with Gasteiger partial charge in [0.25, 0.3) is 0 Å². The molecule has 0 spiro atoms. The van der Waals surface area contributed by atoms with Crippen LogP contribution in [0.25, 0.3) is 0 Å². The van der Waals surface area contributed by atoms with Crippen molar-refractivity contribution in [2.45, 2.75) is 23.9 Å². The van der Waals surface area contributed by atoms with Gasteiger partial charge in [0.2, 0.25) is 5.88 Å². The number of hydrogen-bond donors (Lipinski definition) is 0. The van der Waals surface area contributed by atoms with Gasteiger partial charge in [-0.25, -0.2) is 9.29 Å². The Kier molecular flexibility index (Phi) is 7.31. The van der Waals surface area contributed by atoms with Gasteiger partial charge in [-0.05, 0) is 41.8 Å². The first-order valence-corrected chi connectivity index (χ1v) is 12.7. The van der Waals surface area contributed by atoms with Crippen LogP contribution in [0.15, 0.2) is 60.0 Å². The molecule has 1 aliphatic heterocycles. The molecule has 1 fully saturated rings. The minimum Gasteiger partial charge on any atom is -0.497 e. The van der Waals surface area contributed by atoms with Crippen LogP contribution in [-0.2, 0) is 22.5 Å². The SMILES string of the molecule is COc1ccc(CN(c2cc(OC)nc(SCc3ccncc3)n2)S(=O)(=O)N2CCC2)cc1. The number of ether oxygens (including phenoxy) is 2. The van der Waals surface area contributed by atoms with Gasteiger partial charge in [-0.2, -0.15) is 17.7 Å². The lowest BCUT2D eigenvalue weighted by Crippen LogP contribution is -2.50. The lowest BCUT2D eigenvalue weighted by molar-refractivity contribution is 0.307. The van der Waals surface area contributed by atoms with Crippen LogP contribution in [0.3, 0.4) is 0 Å². The van der Waals surface area contributed by atoms with Gasteiger partial charge in [-0.3, -0.25) is 4.98 Å². The molecular formula is C22H25N5O4S2. The third kappa shape index (κ3) is 5.55. The molecule has 0 radical (unpaired) electrons. The fourth-order valence-corrected chi connectivity index (χ4v) is 5.59. The number of aromatic nitrogens is 3. The van der Waals surface area contributed by atoms with E-state index < -0.39 is 10.2 Å². The Bertz CT molecular complexity index is 1170. The van der Waals surface area contributed by atoms with E-state index in [1.807, 2.05) is 24.3 Å². The highest BCUT2D eigenvalue weighted by Crippen LogP contribution is 2.30. The molecule has 1 aromatic carbocycles. The summed E-state index contributed by atoms with van der Waals surface area (Å²) in [6.45, 7) is 1.11. The smallest absolute Gasteiger partial charge is 0.305 e. The highest BCUT2D eigenvalue weighted by atomic mass is 32.2. The molecule has 1 aliphatic rings. The van der Waals surface area contributed by atoms with Crippen LogP contribution in [0.4, 0.5) is 5.82 Å². The topological polar surface area (TPSA) is 97.7 Å². The largest absolute Gasteiger partial charge is 0.497 e. The van der Waals surface area contributed by atoms with Gasteiger partial charge in [0.05, 0.1) is 20.8 Å². The van der Waals surface area contributed by atoms with Crippen molar-refractivity contribution in [3.63, 3.8) is 0 Å². The average molecular weight is 488 g/mol. The summed E-state index contributed by atoms with van der Waals surface area (Å²) in [6, 6.07) is 12.7.